The summed E-state index contributed by atoms with van der Waals surface area (Å²) in [5.74, 6) is 1.94. The molecule has 2 N–H and O–H groups in total. The summed E-state index contributed by atoms with van der Waals surface area (Å²) in [5.41, 5.74) is 1.27. The van der Waals surface area contributed by atoms with Crippen molar-refractivity contribution in [2.75, 3.05) is 36.5 Å². The Kier molecular flexibility index (Phi) is 5.26. The molecule has 2 saturated heterocycles. The van der Waals surface area contributed by atoms with E-state index < -0.39 is 0 Å². The Hall–Kier alpha value is -2.25. The zero-order chi connectivity index (χ0) is 17.8. The van der Waals surface area contributed by atoms with Crippen LogP contribution >= 0.6 is 0 Å². The molecule has 26 heavy (non-hydrogen) atoms. The highest BCUT2D eigenvalue weighted by atomic mass is 16.5. The van der Waals surface area contributed by atoms with E-state index in [9.17, 15) is 5.11 Å². The summed E-state index contributed by atoms with van der Waals surface area (Å²) in [5, 5.41) is 13.1. The van der Waals surface area contributed by atoms with E-state index >= 15 is 0 Å². The highest BCUT2D eigenvalue weighted by Crippen LogP contribution is 2.23. The Bertz CT molecular complexity index is 706. The van der Waals surface area contributed by atoms with Crippen LogP contribution in [0, 0.1) is 5.92 Å². The Morgan fingerprint density at radius 3 is 2.73 bits per heavy atom. The Labute approximate surface area is 153 Å². The van der Waals surface area contributed by atoms with Crippen molar-refractivity contribution in [1.29, 1.82) is 0 Å². The number of aromatic nitrogens is 3. The molecule has 7 heteroatoms. The molecule has 2 atom stereocenters. The fourth-order valence-corrected chi connectivity index (χ4v) is 3.64. The molecule has 0 aromatic carbocycles. The molecule has 7 nitrogen and oxygen atoms in total. The molecule has 0 radical (unpaired) electrons. The average Bonchev–Trinajstić information content (AvgIpc) is 3.10. The van der Waals surface area contributed by atoms with Crippen molar-refractivity contribution < 1.29 is 9.84 Å². The minimum absolute atomic E-state index is 0.185. The maximum atomic E-state index is 9.68. The van der Waals surface area contributed by atoms with Crippen LogP contribution in [0.3, 0.4) is 0 Å². The van der Waals surface area contributed by atoms with Gasteiger partial charge in [-0.3, -0.25) is 4.98 Å². The second-order valence-corrected chi connectivity index (χ2v) is 7.06. The number of pyridine rings is 1. The van der Waals surface area contributed by atoms with Gasteiger partial charge in [-0.05, 0) is 43.0 Å². The van der Waals surface area contributed by atoms with Crippen LogP contribution in [0.15, 0.2) is 36.8 Å². The Morgan fingerprint density at radius 2 is 1.92 bits per heavy atom. The van der Waals surface area contributed by atoms with E-state index in [1.807, 2.05) is 18.5 Å². The molecule has 0 bridgehead atoms. The fraction of sp³-hybridized carbons (Fsp3) is 0.526. The van der Waals surface area contributed by atoms with Crippen molar-refractivity contribution in [3.05, 3.63) is 42.4 Å². The second kappa shape index (κ2) is 7.97. The first kappa shape index (κ1) is 17.2. The van der Waals surface area contributed by atoms with Gasteiger partial charge in [-0.25, -0.2) is 4.98 Å². The van der Waals surface area contributed by atoms with Crippen molar-refractivity contribution >= 4 is 11.8 Å². The zero-order valence-corrected chi connectivity index (χ0v) is 14.8. The normalized spacial score (nSPS) is 24.0. The minimum atomic E-state index is -0.185. The van der Waals surface area contributed by atoms with Crippen molar-refractivity contribution in [3.63, 3.8) is 0 Å². The number of nitrogens with zero attached hydrogens (tertiary/aromatic N) is 4. The molecule has 138 valence electrons. The van der Waals surface area contributed by atoms with E-state index in [0.717, 1.165) is 44.8 Å². The lowest BCUT2D eigenvalue weighted by Gasteiger charge is -2.30. The lowest BCUT2D eigenvalue weighted by atomic mass is 9.95. The van der Waals surface area contributed by atoms with Crippen LogP contribution in [0.2, 0.25) is 0 Å². The van der Waals surface area contributed by atoms with Gasteiger partial charge in [0.25, 0.3) is 0 Å². The van der Waals surface area contributed by atoms with Gasteiger partial charge in [-0.2, -0.15) is 4.98 Å². The molecule has 0 amide bonds. The summed E-state index contributed by atoms with van der Waals surface area (Å²) in [4.78, 5) is 15.4. The number of aliphatic hydroxyl groups excluding tert-OH is 1. The number of piperidine rings is 1. The van der Waals surface area contributed by atoms with Crippen molar-refractivity contribution in [1.82, 2.24) is 15.0 Å². The number of nitrogens with one attached hydrogen (secondary N) is 1. The van der Waals surface area contributed by atoms with Gasteiger partial charge >= 0.3 is 0 Å². The quantitative estimate of drug-likeness (QED) is 0.841. The van der Waals surface area contributed by atoms with Crippen LogP contribution in [-0.2, 0) is 11.2 Å². The molecular weight excluding hydrogens is 330 g/mol. The van der Waals surface area contributed by atoms with Gasteiger partial charge in [0, 0.05) is 37.6 Å². The molecule has 0 unspecified atom stereocenters. The molecule has 2 aromatic rings. The van der Waals surface area contributed by atoms with Gasteiger partial charge in [0.1, 0.15) is 5.82 Å². The summed E-state index contributed by atoms with van der Waals surface area (Å²) >= 11 is 0. The van der Waals surface area contributed by atoms with Crippen LogP contribution in [0.25, 0.3) is 0 Å². The first-order valence-electron chi connectivity index (χ1n) is 9.27. The second-order valence-electron chi connectivity index (χ2n) is 7.06. The van der Waals surface area contributed by atoms with E-state index in [0.29, 0.717) is 18.5 Å². The molecular formula is C19H25N5O2. The number of aliphatic hydroxyl groups is 1. The van der Waals surface area contributed by atoms with E-state index in [4.69, 9.17) is 4.74 Å². The van der Waals surface area contributed by atoms with Crippen molar-refractivity contribution in [2.45, 2.75) is 31.4 Å². The van der Waals surface area contributed by atoms with Gasteiger partial charge < -0.3 is 20.1 Å². The first-order chi connectivity index (χ1) is 12.8. The maximum absolute atomic E-state index is 9.68. The SMILES string of the molecule is OC1CCN(c2ccnc(N[C@@H]3COC[C@H]3Cc3ccncc3)n2)CC1. The summed E-state index contributed by atoms with van der Waals surface area (Å²) in [7, 11) is 0. The molecule has 4 rings (SSSR count). The van der Waals surface area contributed by atoms with Gasteiger partial charge in [-0.1, -0.05) is 0 Å². The largest absolute Gasteiger partial charge is 0.393 e. The molecule has 0 aliphatic carbocycles. The molecule has 2 aliphatic rings. The third-order valence-corrected chi connectivity index (χ3v) is 5.19. The van der Waals surface area contributed by atoms with Crippen LogP contribution in [0.1, 0.15) is 18.4 Å². The van der Waals surface area contributed by atoms with Crippen LogP contribution in [-0.4, -0.2) is 58.5 Å². The van der Waals surface area contributed by atoms with Crippen molar-refractivity contribution in [3.8, 4) is 0 Å². The Balaban J connectivity index is 1.41. The van der Waals surface area contributed by atoms with Gasteiger partial charge in [0.05, 0.1) is 25.4 Å². The fourth-order valence-electron chi connectivity index (χ4n) is 3.64. The van der Waals surface area contributed by atoms with Gasteiger partial charge in [0.15, 0.2) is 0 Å². The molecule has 2 fully saturated rings. The molecule has 2 aromatic heterocycles. The number of anilines is 2. The number of rotatable bonds is 5. The minimum Gasteiger partial charge on any atom is -0.393 e. The highest BCUT2D eigenvalue weighted by molar-refractivity contribution is 5.43. The number of ether oxygens (including phenoxy) is 1. The Morgan fingerprint density at radius 1 is 1.12 bits per heavy atom. The molecule has 2 aliphatic heterocycles. The number of hydrogen-bond acceptors (Lipinski definition) is 7. The summed E-state index contributed by atoms with van der Waals surface area (Å²) < 4.78 is 5.70. The smallest absolute Gasteiger partial charge is 0.224 e. The molecule has 0 saturated carbocycles. The summed E-state index contributed by atoms with van der Waals surface area (Å²) in [6.45, 7) is 3.06. The predicted octanol–water partition coefficient (Wildman–Crippen LogP) is 1.50. The highest BCUT2D eigenvalue weighted by Gasteiger charge is 2.29. The summed E-state index contributed by atoms with van der Waals surface area (Å²) in [6.07, 6.45) is 7.79. The van der Waals surface area contributed by atoms with Gasteiger partial charge in [-0.15, -0.1) is 0 Å². The van der Waals surface area contributed by atoms with Crippen LogP contribution < -0.4 is 10.2 Å². The third kappa shape index (κ3) is 4.11. The average molecular weight is 355 g/mol. The molecule has 0 spiro atoms. The predicted molar refractivity (Wildman–Crippen MR) is 99.1 cm³/mol. The lowest BCUT2D eigenvalue weighted by molar-refractivity contribution is 0.145. The maximum Gasteiger partial charge on any atom is 0.224 e. The van der Waals surface area contributed by atoms with E-state index in [1.54, 1.807) is 6.20 Å². The van der Waals surface area contributed by atoms with E-state index in [-0.39, 0.29) is 12.1 Å². The van der Waals surface area contributed by atoms with Crippen molar-refractivity contribution in [2.24, 2.45) is 5.92 Å². The zero-order valence-electron chi connectivity index (χ0n) is 14.8. The number of hydrogen-bond donors (Lipinski definition) is 2. The topological polar surface area (TPSA) is 83.4 Å². The van der Waals surface area contributed by atoms with Gasteiger partial charge in [0.2, 0.25) is 5.95 Å². The van der Waals surface area contributed by atoms with E-state index in [2.05, 4.69) is 37.3 Å². The van der Waals surface area contributed by atoms with Crippen LogP contribution in [0.4, 0.5) is 11.8 Å². The summed E-state index contributed by atoms with van der Waals surface area (Å²) in [6, 6.07) is 6.23. The standard InChI is InChI=1S/C19H25N5O2/c25-16-4-9-24(10-5-16)18-3-8-21-19(23-18)22-17-13-26-12-15(17)11-14-1-6-20-7-2-14/h1-3,6-8,15-17,25H,4-5,9-13H2,(H,21,22,23)/t15-,17-/m1/s1. The van der Waals surface area contributed by atoms with Crippen LogP contribution in [0.5, 0.6) is 0 Å². The first-order valence-corrected chi connectivity index (χ1v) is 9.27. The lowest BCUT2D eigenvalue weighted by Crippen LogP contribution is -2.36. The monoisotopic (exact) mass is 355 g/mol. The third-order valence-electron chi connectivity index (χ3n) is 5.19. The van der Waals surface area contributed by atoms with E-state index in [1.165, 1.54) is 5.56 Å². The molecule has 4 heterocycles.